The van der Waals surface area contributed by atoms with E-state index in [9.17, 15) is 9.18 Å². The van der Waals surface area contributed by atoms with E-state index in [1.165, 1.54) is 12.1 Å². The molecule has 0 bridgehead atoms. The molecule has 39 heavy (non-hydrogen) atoms. The van der Waals surface area contributed by atoms with Crippen molar-refractivity contribution in [2.24, 2.45) is 0 Å². The Morgan fingerprint density at radius 1 is 1.00 bits per heavy atom. The molecule has 0 radical (unpaired) electrons. The van der Waals surface area contributed by atoms with Crippen LogP contribution < -0.4 is 5.32 Å². The third kappa shape index (κ3) is 4.40. The van der Waals surface area contributed by atoms with Crippen LogP contribution in [0.2, 0.25) is 0 Å². The van der Waals surface area contributed by atoms with Crippen LogP contribution in [0.15, 0.2) is 91.1 Å². The van der Waals surface area contributed by atoms with E-state index in [1.807, 2.05) is 91.5 Å². The lowest BCUT2D eigenvalue weighted by Crippen LogP contribution is -2.38. The van der Waals surface area contributed by atoms with E-state index < -0.39 is 6.04 Å². The van der Waals surface area contributed by atoms with E-state index >= 15 is 0 Å². The van der Waals surface area contributed by atoms with Crippen molar-refractivity contribution in [3.63, 3.8) is 0 Å². The summed E-state index contributed by atoms with van der Waals surface area (Å²) in [4.78, 5) is 16.0. The summed E-state index contributed by atoms with van der Waals surface area (Å²) in [5.41, 5.74) is 7.16. The standard InChI is InChI=1S/C32H30FN5O/c1-4-27-26-20-37(32(39)34-28-18-21(2)15-16-22(28)3)30(23-10-8-11-24(33)19-23)29-14-9-17-36(29)31(26)38(35-27)25-12-6-5-7-13-25/h5-19,30H,4,20H2,1-3H3,(H,34,39)/t30-/m0/s1. The first-order valence-electron chi connectivity index (χ1n) is 13.2. The Morgan fingerprint density at radius 3 is 2.59 bits per heavy atom. The number of halogens is 1. The maximum atomic E-state index is 14.6. The summed E-state index contributed by atoms with van der Waals surface area (Å²) in [7, 11) is 0. The zero-order valence-corrected chi connectivity index (χ0v) is 22.2. The highest BCUT2D eigenvalue weighted by Gasteiger charge is 2.36. The van der Waals surface area contributed by atoms with Crippen LogP contribution in [0.3, 0.4) is 0 Å². The van der Waals surface area contributed by atoms with Crippen molar-refractivity contribution in [2.45, 2.75) is 39.8 Å². The fourth-order valence-electron chi connectivity index (χ4n) is 5.43. The summed E-state index contributed by atoms with van der Waals surface area (Å²) >= 11 is 0. The molecule has 0 saturated carbocycles. The average molecular weight is 520 g/mol. The predicted molar refractivity (Wildman–Crippen MR) is 151 cm³/mol. The molecule has 3 aromatic carbocycles. The molecule has 196 valence electrons. The van der Waals surface area contributed by atoms with Gasteiger partial charge >= 0.3 is 6.03 Å². The van der Waals surface area contributed by atoms with Gasteiger partial charge < -0.3 is 14.8 Å². The maximum Gasteiger partial charge on any atom is 0.322 e. The van der Waals surface area contributed by atoms with Crippen molar-refractivity contribution >= 4 is 11.7 Å². The minimum atomic E-state index is -0.526. The lowest BCUT2D eigenvalue weighted by atomic mass is 10.0. The summed E-state index contributed by atoms with van der Waals surface area (Å²) in [6.07, 6.45) is 2.70. The Labute approximate surface area is 227 Å². The van der Waals surface area contributed by atoms with Crippen LogP contribution in [0.5, 0.6) is 0 Å². The largest absolute Gasteiger partial charge is 0.322 e. The molecule has 0 aliphatic carbocycles. The van der Waals surface area contributed by atoms with Crippen molar-refractivity contribution in [3.8, 4) is 11.5 Å². The molecule has 2 amide bonds. The number of aromatic nitrogens is 3. The maximum absolute atomic E-state index is 14.6. The molecule has 0 fully saturated rings. The monoisotopic (exact) mass is 519 g/mol. The lowest BCUT2D eigenvalue weighted by Gasteiger charge is -2.31. The molecule has 0 spiro atoms. The van der Waals surface area contributed by atoms with Gasteiger partial charge in [0.2, 0.25) is 0 Å². The van der Waals surface area contributed by atoms with Crippen LogP contribution >= 0.6 is 0 Å². The van der Waals surface area contributed by atoms with Gasteiger partial charge in [-0.05, 0) is 79.4 Å². The SMILES string of the molecule is CCc1nn(-c2ccccc2)c2c1CN(C(=O)Nc1cc(C)ccc1C)[C@@H](c1cccc(F)c1)c1cccn1-2. The predicted octanol–water partition coefficient (Wildman–Crippen LogP) is 7.12. The molecule has 6 nitrogen and oxygen atoms in total. The van der Waals surface area contributed by atoms with Crippen molar-refractivity contribution in [1.29, 1.82) is 0 Å². The van der Waals surface area contributed by atoms with Gasteiger partial charge in [0.1, 0.15) is 11.6 Å². The summed E-state index contributed by atoms with van der Waals surface area (Å²) in [6.45, 7) is 6.36. The van der Waals surface area contributed by atoms with E-state index in [0.717, 1.165) is 45.3 Å². The van der Waals surface area contributed by atoms with E-state index in [0.29, 0.717) is 18.5 Å². The second-order valence-corrected chi connectivity index (χ2v) is 9.99. The summed E-state index contributed by atoms with van der Waals surface area (Å²) in [5, 5.41) is 8.14. The molecule has 1 aliphatic rings. The number of nitrogens with zero attached hydrogens (tertiary/aromatic N) is 4. The van der Waals surface area contributed by atoms with Gasteiger partial charge in [-0.15, -0.1) is 0 Å². The number of hydrogen-bond donors (Lipinski definition) is 1. The molecule has 6 rings (SSSR count). The van der Waals surface area contributed by atoms with E-state index in [-0.39, 0.29) is 11.8 Å². The molecule has 0 unspecified atom stereocenters. The van der Waals surface area contributed by atoms with Crippen LogP contribution in [-0.2, 0) is 13.0 Å². The number of benzene rings is 3. The molecule has 1 atom stereocenters. The highest BCUT2D eigenvalue weighted by molar-refractivity contribution is 5.91. The van der Waals surface area contributed by atoms with Gasteiger partial charge in [0.05, 0.1) is 29.7 Å². The second-order valence-electron chi connectivity index (χ2n) is 9.99. The average Bonchev–Trinajstić information content (AvgIpc) is 3.52. The van der Waals surface area contributed by atoms with Crippen molar-refractivity contribution in [2.75, 3.05) is 5.32 Å². The van der Waals surface area contributed by atoms with E-state index in [2.05, 4.69) is 16.8 Å². The molecule has 3 heterocycles. The molecular formula is C32H30FN5O. The third-order valence-corrected chi connectivity index (χ3v) is 7.36. The number of fused-ring (bicyclic) bond motifs is 3. The number of carbonyl (C=O) groups is 1. The van der Waals surface area contributed by atoms with Crippen molar-refractivity contribution in [1.82, 2.24) is 19.2 Å². The van der Waals surface area contributed by atoms with E-state index in [1.54, 1.807) is 11.0 Å². The Balaban J connectivity index is 1.56. The number of anilines is 1. The van der Waals surface area contributed by atoms with Gasteiger partial charge in [-0.25, -0.2) is 13.9 Å². The third-order valence-electron chi connectivity index (χ3n) is 7.36. The number of aryl methyl sites for hydroxylation is 3. The molecule has 1 aliphatic heterocycles. The number of nitrogens with one attached hydrogen (secondary N) is 1. The topological polar surface area (TPSA) is 55.1 Å². The normalized spacial score (nSPS) is 14.5. The van der Waals surface area contributed by atoms with Gasteiger partial charge in [-0.2, -0.15) is 5.10 Å². The fourth-order valence-corrected chi connectivity index (χ4v) is 5.43. The fraction of sp³-hybridized carbons (Fsp3) is 0.188. The smallest absolute Gasteiger partial charge is 0.308 e. The highest BCUT2D eigenvalue weighted by Crippen LogP contribution is 2.39. The molecule has 7 heteroatoms. The number of para-hydroxylation sites is 1. The van der Waals surface area contributed by atoms with Gasteiger partial charge in [-0.3, -0.25) is 0 Å². The van der Waals surface area contributed by atoms with Gasteiger partial charge in [-0.1, -0.05) is 49.4 Å². The zero-order valence-electron chi connectivity index (χ0n) is 22.2. The van der Waals surface area contributed by atoms with Gasteiger partial charge in [0.15, 0.2) is 0 Å². The zero-order chi connectivity index (χ0) is 27.1. The first-order chi connectivity index (χ1) is 18.9. The number of carbonyl (C=O) groups excluding carboxylic acids is 1. The Kier molecular flexibility index (Phi) is 6.27. The summed E-state index contributed by atoms with van der Waals surface area (Å²) in [5.74, 6) is 0.549. The first-order valence-corrected chi connectivity index (χ1v) is 13.2. The summed E-state index contributed by atoms with van der Waals surface area (Å²) in [6, 6.07) is 25.7. The number of hydrogen-bond acceptors (Lipinski definition) is 2. The Morgan fingerprint density at radius 2 is 1.82 bits per heavy atom. The van der Waals surface area contributed by atoms with Gasteiger partial charge in [0.25, 0.3) is 0 Å². The van der Waals surface area contributed by atoms with Crippen LogP contribution in [-0.4, -0.2) is 25.3 Å². The number of amides is 2. The minimum Gasteiger partial charge on any atom is -0.308 e. The lowest BCUT2D eigenvalue weighted by molar-refractivity contribution is 0.194. The highest BCUT2D eigenvalue weighted by atomic mass is 19.1. The second kappa shape index (κ2) is 9.91. The Hall–Kier alpha value is -4.65. The minimum absolute atomic E-state index is 0.256. The van der Waals surface area contributed by atoms with Crippen molar-refractivity contribution < 1.29 is 9.18 Å². The van der Waals surface area contributed by atoms with Crippen LogP contribution in [0.1, 0.15) is 46.6 Å². The summed E-state index contributed by atoms with van der Waals surface area (Å²) < 4.78 is 18.6. The molecule has 5 aromatic rings. The van der Waals surface area contributed by atoms with Crippen LogP contribution in [0, 0.1) is 19.7 Å². The molecular weight excluding hydrogens is 489 g/mol. The van der Waals surface area contributed by atoms with E-state index in [4.69, 9.17) is 5.10 Å². The number of urea groups is 1. The molecule has 0 saturated heterocycles. The molecule has 1 N–H and O–H groups in total. The quantitative estimate of drug-likeness (QED) is 0.275. The van der Waals surface area contributed by atoms with Crippen LogP contribution in [0.25, 0.3) is 11.5 Å². The van der Waals surface area contributed by atoms with Crippen molar-refractivity contribution in [3.05, 3.63) is 131 Å². The first kappa shape index (κ1) is 24.7. The van der Waals surface area contributed by atoms with Crippen LogP contribution in [0.4, 0.5) is 14.9 Å². The number of rotatable bonds is 4. The Bertz CT molecular complexity index is 1670. The molecule has 2 aromatic heterocycles. The van der Waals surface area contributed by atoms with Gasteiger partial charge in [0, 0.05) is 17.4 Å².